The first-order chi connectivity index (χ1) is 14.3. The van der Waals surface area contributed by atoms with Crippen molar-refractivity contribution in [2.75, 3.05) is 19.7 Å². The van der Waals surface area contributed by atoms with Gasteiger partial charge in [-0.15, -0.1) is 4.28 Å². The summed E-state index contributed by atoms with van der Waals surface area (Å²) in [6.45, 7) is 1.94. The van der Waals surface area contributed by atoms with Gasteiger partial charge in [-0.3, -0.25) is 18.9 Å². The molecular weight excluding hydrogens is 422 g/mol. The lowest BCUT2D eigenvalue weighted by Crippen LogP contribution is -2.50. The molecule has 0 saturated carbocycles. The minimum absolute atomic E-state index is 0.0710. The van der Waals surface area contributed by atoms with Crippen molar-refractivity contribution in [3.63, 3.8) is 0 Å². The van der Waals surface area contributed by atoms with Gasteiger partial charge in [0.2, 0.25) is 0 Å². The molecule has 4 heterocycles. The lowest BCUT2D eigenvalue weighted by molar-refractivity contribution is -0.139. The predicted molar refractivity (Wildman–Crippen MR) is 97.4 cm³/mol. The van der Waals surface area contributed by atoms with Crippen molar-refractivity contribution < 1.29 is 31.7 Å². The third kappa shape index (κ3) is 4.70. The molecule has 4 atom stereocenters. The van der Waals surface area contributed by atoms with E-state index in [1.165, 1.54) is 11.2 Å². The topological polar surface area (TPSA) is 168 Å². The summed E-state index contributed by atoms with van der Waals surface area (Å²) in [5.74, 6) is -0.116. The summed E-state index contributed by atoms with van der Waals surface area (Å²) < 4.78 is 36.8. The molecule has 0 spiro atoms. The number of urea groups is 1. The highest BCUT2D eigenvalue weighted by Gasteiger charge is 2.49. The van der Waals surface area contributed by atoms with Crippen molar-refractivity contribution in [3.8, 4) is 0 Å². The summed E-state index contributed by atoms with van der Waals surface area (Å²) in [7, 11) is -4.82. The number of nitrogens with zero attached hydrogens (tertiary/aromatic N) is 5. The number of carbonyl (C=O) groups excluding carboxylic acids is 2. The van der Waals surface area contributed by atoms with E-state index in [-0.39, 0.29) is 19.2 Å². The number of hydrogen-bond donors (Lipinski definition) is 3. The molecule has 3 aliphatic rings. The Hall–Kier alpha value is -2.33. The molecule has 1 aromatic heterocycles. The first kappa shape index (κ1) is 20.9. The van der Waals surface area contributed by atoms with E-state index in [1.807, 2.05) is 0 Å². The molecule has 0 aliphatic carbocycles. The predicted octanol–water partition coefficient (Wildman–Crippen LogP) is -1.69. The molecule has 0 radical (unpaired) electrons. The van der Waals surface area contributed by atoms with E-state index in [1.54, 1.807) is 11.0 Å². The highest BCUT2D eigenvalue weighted by Crippen LogP contribution is 2.30. The summed E-state index contributed by atoms with van der Waals surface area (Å²) in [5, 5.41) is 8.02. The lowest BCUT2D eigenvalue weighted by atomic mass is 10.0. The van der Waals surface area contributed by atoms with Crippen LogP contribution in [0.4, 0.5) is 4.79 Å². The number of carbonyl (C=O) groups is 2. The minimum atomic E-state index is -4.82. The smallest absolute Gasteiger partial charge is 0.311 e. The number of fused-ring (bicyclic) bond motifs is 2. The number of hydrogen-bond acceptors (Lipinski definition) is 9. The second kappa shape index (κ2) is 8.43. The molecule has 2 unspecified atom stereocenters. The van der Waals surface area contributed by atoms with Crippen molar-refractivity contribution in [2.24, 2.45) is 5.92 Å². The zero-order valence-electron chi connectivity index (χ0n) is 16.0. The van der Waals surface area contributed by atoms with Gasteiger partial charge in [-0.1, -0.05) is 0 Å². The van der Waals surface area contributed by atoms with Gasteiger partial charge in [-0.2, -0.15) is 18.6 Å². The Balaban J connectivity index is 1.22. The van der Waals surface area contributed by atoms with E-state index >= 15 is 0 Å². The van der Waals surface area contributed by atoms with E-state index in [2.05, 4.69) is 25.2 Å². The molecule has 166 valence electrons. The maximum absolute atomic E-state index is 12.5. The van der Waals surface area contributed by atoms with Crippen LogP contribution in [0, 0.1) is 5.92 Å². The number of amides is 3. The summed E-state index contributed by atoms with van der Waals surface area (Å²) in [5.41, 5.74) is 2.38. The Bertz CT molecular complexity index is 880. The Kier molecular flexibility index (Phi) is 5.88. The highest BCUT2D eigenvalue weighted by atomic mass is 32.3. The third-order valence-electron chi connectivity index (χ3n) is 5.48. The highest BCUT2D eigenvalue weighted by molar-refractivity contribution is 7.80. The largest absolute Gasteiger partial charge is 0.418 e. The Morgan fingerprint density at radius 1 is 1.40 bits per heavy atom. The van der Waals surface area contributed by atoms with Gasteiger partial charge in [-0.05, 0) is 25.2 Å². The fourth-order valence-corrected chi connectivity index (χ4v) is 4.53. The van der Waals surface area contributed by atoms with E-state index in [4.69, 9.17) is 9.39 Å². The van der Waals surface area contributed by atoms with Crippen LogP contribution in [-0.2, 0) is 30.9 Å². The Labute approximate surface area is 172 Å². The van der Waals surface area contributed by atoms with Crippen LogP contribution in [-0.4, -0.2) is 87.5 Å². The summed E-state index contributed by atoms with van der Waals surface area (Å²) in [6.07, 6.45) is 4.68. The molecular formula is C15H23N7O7S. The van der Waals surface area contributed by atoms with E-state index in [0.717, 1.165) is 19.5 Å². The van der Waals surface area contributed by atoms with Crippen LogP contribution in [0.15, 0.2) is 12.7 Å². The summed E-state index contributed by atoms with van der Waals surface area (Å²) >= 11 is 0. The van der Waals surface area contributed by atoms with E-state index < -0.39 is 34.4 Å². The zero-order valence-corrected chi connectivity index (χ0v) is 16.8. The second-order valence-corrected chi connectivity index (χ2v) is 8.62. The first-order valence-corrected chi connectivity index (χ1v) is 10.9. The van der Waals surface area contributed by atoms with Crippen molar-refractivity contribution in [2.45, 2.75) is 43.9 Å². The molecule has 3 amide bonds. The summed E-state index contributed by atoms with van der Waals surface area (Å²) in [6, 6.07) is -2.07. The standard InChI is InChI=1S/C15H23N7O7S/c23-14(13-2-1-12-6-21(13)15(24)22(12)29-30(25,26)27)19-28-7-11-3-10(4-17-11)5-20-9-16-8-18-20/h8-13,17H,1-7H2,(H,19,23)(H,25,26,27)/t10-,11-,12?,13?/m0/s1. The molecule has 30 heavy (non-hydrogen) atoms. The van der Waals surface area contributed by atoms with Gasteiger partial charge in [0.1, 0.15) is 18.7 Å². The fraction of sp³-hybridized carbons (Fsp3) is 0.733. The molecule has 1 aromatic rings. The van der Waals surface area contributed by atoms with Crippen LogP contribution < -0.4 is 10.8 Å². The average molecular weight is 445 g/mol. The minimum Gasteiger partial charge on any atom is -0.311 e. The quantitative estimate of drug-likeness (QED) is 0.310. The molecule has 0 aromatic carbocycles. The number of aromatic nitrogens is 3. The maximum Gasteiger partial charge on any atom is 0.418 e. The molecule has 14 nitrogen and oxygen atoms in total. The number of piperidine rings is 1. The van der Waals surface area contributed by atoms with Crippen LogP contribution in [0.3, 0.4) is 0 Å². The van der Waals surface area contributed by atoms with Gasteiger partial charge in [0.15, 0.2) is 0 Å². The van der Waals surface area contributed by atoms with Gasteiger partial charge in [0, 0.05) is 25.7 Å². The summed E-state index contributed by atoms with van der Waals surface area (Å²) in [4.78, 5) is 35.3. The molecule has 15 heteroatoms. The normalized spacial score (nSPS) is 28.9. The molecule has 4 rings (SSSR count). The van der Waals surface area contributed by atoms with Crippen molar-refractivity contribution in [3.05, 3.63) is 12.7 Å². The molecule has 3 fully saturated rings. The van der Waals surface area contributed by atoms with Crippen LogP contribution in [0.5, 0.6) is 0 Å². The van der Waals surface area contributed by atoms with Gasteiger partial charge >= 0.3 is 16.4 Å². The van der Waals surface area contributed by atoms with Gasteiger partial charge in [0.25, 0.3) is 5.91 Å². The van der Waals surface area contributed by atoms with Crippen molar-refractivity contribution >= 4 is 22.3 Å². The zero-order chi connectivity index (χ0) is 21.3. The lowest BCUT2D eigenvalue weighted by Gasteiger charge is -2.29. The maximum atomic E-state index is 12.5. The van der Waals surface area contributed by atoms with Gasteiger partial charge in [-0.25, -0.2) is 15.3 Å². The van der Waals surface area contributed by atoms with Crippen molar-refractivity contribution in [1.29, 1.82) is 0 Å². The van der Waals surface area contributed by atoms with Gasteiger partial charge in [0.05, 0.1) is 12.6 Å². The molecule has 3 N–H and O–H groups in total. The number of rotatable bonds is 8. The third-order valence-corrected chi connectivity index (χ3v) is 5.83. The van der Waals surface area contributed by atoms with Crippen LogP contribution in [0.1, 0.15) is 19.3 Å². The molecule has 3 aliphatic heterocycles. The van der Waals surface area contributed by atoms with E-state index in [0.29, 0.717) is 23.8 Å². The molecule has 3 saturated heterocycles. The SMILES string of the molecule is O=C(NOC[C@@H]1C[C@H](Cn2cncn2)CN1)C1CCC2CN1C(=O)N2OS(=O)(=O)O. The molecule has 2 bridgehead atoms. The van der Waals surface area contributed by atoms with Crippen LogP contribution in [0.2, 0.25) is 0 Å². The second-order valence-electron chi connectivity index (χ2n) is 7.61. The van der Waals surface area contributed by atoms with Crippen molar-refractivity contribution in [1.82, 2.24) is 35.5 Å². The van der Waals surface area contributed by atoms with E-state index in [9.17, 15) is 18.0 Å². The Morgan fingerprint density at radius 2 is 2.23 bits per heavy atom. The number of nitrogens with one attached hydrogen (secondary N) is 2. The average Bonchev–Trinajstić information content (AvgIpc) is 3.40. The monoisotopic (exact) mass is 445 g/mol. The van der Waals surface area contributed by atoms with Crippen LogP contribution >= 0.6 is 0 Å². The van der Waals surface area contributed by atoms with Crippen LogP contribution in [0.25, 0.3) is 0 Å². The fourth-order valence-electron chi connectivity index (χ4n) is 4.15. The first-order valence-electron chi connectivity index (χ1n) is 9.54. The van der Waals surface area contributed by atoms with Gasteiger partial charge < -0.3 is 10.2 Å². The Morgan fingerprint density at radius 3 is 2.97 bits per heavy atom. The number of hydroxylamine groups is 3.